The Balaban J connectivity index is 3.69. The Bertz CT molecular complexity index is 1060. The average Bonchev–Trinajstić information content (AvgIpc) is 2.77. The van der Waals surface area contributed by atoms with Gasteiger partial charge in [0.2, 0.25) is 0 Å². The summed E-state index contributed by atoms with van der Waals surface area (Å²) in [5.41, 5.74) is -3.92. The average molecular weight is 610 g/mol. The van der Waals surface area contributed by atoms with Crippen molar-refractivity contribution >= 4 is 5.78 Å². The zero-order valence-electron chi connectivity index (χ0n) is 19.3. The van der Waals surface area contributed by atoms with Crippen molar-refractivity contribution in [1.29, 1.82) is 0 Å². The smallest absolute Gasteiger partial charge is 0.374 e. The van der Waals surface area contributed by atoms with Gasteiger partial charge in [0.1, 0.15) is 0 Å². The predicted octanol–water partition coefficient (Wildman–Crippen LogP) is 8.15. The van der Waals surface area contributed by atoms with E-state index in [2.05, 4.69) is 4.74 Å². The number of ketones is 1. The second-order valence-corrected chi connectivity index (χ2v) is 8.40. The van der Waals surface area contributed by atoms with Crippen LogP contribution in [0.4, 0.5) is 74.6 Å². The van der Waals surface area contributed by atoms with Crippen molar-refractivity contribution in [3.8, 4) is 0 Å². The molecule has 0 radical (unpaired) electrons. The lowest BCUT2D eigenvalue weighted by molar-refractivity contribution is -0.462. The largest absolute Gasteiger partial charge is 0.460 e. The first-order valence-electron chi connectivity index (χ1n) is 9.81. The SMILES string of the molecule is COC(C)(CC(F)(F)C(F)(F)C(F)(F)C(F)(F)C(F)(F)C(F)(F)C(F)(F)C(F)(F)F)c1cccc(C(C)=O)c1. The summed E-state index contributed by atoms with van der Waals surface area (Å²) in [6.07, 6.45) is -10.6. The maximum absolute atomic E-state index is 14.5. The molecule has 39 heavy (non-hydrogen) atoms. The van der Waals surface area contributed by atoms with Crippen molar-refractivity contribution in [2.24, 2.45) is 0 Å². The van der Waals surface area contributed by atoms with Gasteiger partial charge in [-0.25, -0.2) is 0 Å². The molecular weight excluding hydrogens is 595 g/mol. The van der Waals surface area contributed by atoms with Crippen molar-refractivity contribution in [3.05, 3.63) is 35.4 Å². The van der Waals surface area contributed by atoms with Crippen LogP contribution < -0.4 is 0 Å². The number of carbonyl (C=O) groups is 1. The molecule has 1 rings (SSSR count). The highest BCUT2D eigenvalue weighted by atomic mass is 19.4. The molecule has 0 N–H and O–H groups in total. The third-order valence-electron chi connectivity index (χ3n) is 5.68. The van der Waals surface area contributed by atoms with Gasteiger partial charge in [-0.1, -0.05) is 18.2 Å². The molecule has 1 unspecified atom stereocenters. The molecule has 0 amide bonds. The molecule has 0 bridgehead atoms. The van der Waals surface area contributed by atoms with Gasteiger partial charge in [-0.15, -0.1) is 0 Å². The number of alkyl halides is 17. The quantitative estimate of drug-likeness (QED) is 0.187. The molecule has 0 saturated heterocycles. The fourth-order valence-corrected chi connectivity index (χ4v) is 3.09. The lowest BCUT2D eigenvalue weighted by atomic mass is 9.82. The Hall–Kier alpha value is -2.34. The molecular formula is C20H15F17O2. The van der Waals surface area contributed by atoms with Crippen LogP contribution in [0, 0.1) is 0 Å². The van der Waals surface area contributed by atoms with Crippen LogP contribution >= 0.6 is 0 Å². The van der Waals surface area contributed by atoms with Crippen LogP contribution in [0.2, 0.25) is 0 Å². The molecule has 1 aromatic rings. The maximum atomic E-state index is 14.5. The highest BCUT2D eigenvalue weighted by molar-refractivity contribution is 5.94. The Morgan fingerprint density at radius 3 is 1.41 bits per heavy atom. The third-order valence-corrected chi connectivity index (χ3v) is 5.68. The van der Waals surface area contributed by atoms with Crippen LogP contribution in [0.1, 0.15) is 36.2 Å². The van der Waals surface area contributed by atoms with Gasteiger partial charge < -0.3 is 4.74 Å². The van der Waals surface area contributed by atoms with Crippen molar-refractivity contribution in [2.75, 3.05) is 7.11 Å². The first-order chi connectivity index (χ1) is 16.9. The zero-order valence-corrected chi connectivity index (χ0v) is 19.3. The van der Waals surface area contributed by atoms with Crippen LogP contribution in [0.15, 0.2) is 24.3 Å². The monoisotopic (exact) mass is 610 g/mol. The van der Waals surface area contributed by atoms with Crippen molar-refractivity contribution < 1.29 is 84.2 Å². The molecule has 1 aromatic carbocycles. The van der Waals surface area contributed by atoms with E-state index in [4.69, 9.17) is 0 Å². The van der Waals surface area contributed by atoms with E-state index >= 15 is 0 Å². The molecule has 0 heterocycles. The minimum atomic E-state index is -8.69. The van der Waals surface area contributed by atoms with Gasteiger partial charge in [-0.05, 0) is 25.5 Å². The van der Waals surface area contributed by atoms with Gasteiger partial charge in [-0.3, -0.25) is 4.79 Å². The normalized spacial score (nSPS) is 16.7. The summed E-state index contributed by atoms with van der Waals surface area (Å²) in [6, 6.07) is 3.46. The predicted molar refractivity (Wildman–Crippen MR) is 96.1 cm³/mol. The third kappa shape index (κ3) is 5.03. The number of rotatable bonds is 11. The summed E-state index contributed by atoms with van der Waals surface area (Å²) in [5.74, 6) is -57.7. The van der Waals surface area contributed by atoms with E-state index in [0.717, 1.165) is 25.1 Å². The number of hydrogen-bond donors (Lipinski definition) is 0. The van der Waals surface area contributed by atoms with Crippen molar-refractivity contribution in [1.82, 2.24) is 0 Å². The molecule has 0 aliphatic rings. The van der Waals surface area contributed by atoms with Crippen LogP contribution in [-0.4, -0.2) is 60.5 Å². The van der Waals surface area contributed by atoms with Crippen molar-refractivity contribution in [2.45, 2.75) is 73.5 Å². The van der Waals surface area contributed by atoms with E-state index < -0.39 is 71.0 Å². The van der Waals surface area contributed by atoms with Crippen molar-refractivity contribution in [3.63, 3.8) is 0 Å². The second kappa shape index (κ2) is 9.64. The van der Waals surface area contributed by atoms with Crippen LogP contribution in [0.25, 0.3) is 0 Å². The maximum Gasteiger partial charge on any atom is 0.460 e. The first-order valence-corrected chi connectivity index (χ1v) is 9.81. The summed E-state index contributed by atoms with van der Waals surface area (Å²) < 4.78 is 234. The summed E-state index contributed by atoms with van der Waals surface area (Å²) in [5, 5.41) is 0. The zero-order chi connectivity index (χ0) is 31.5. The molecule has 0 saturated carbocycles. The van der Waals surface area contributed by atoms with Gasteiger partial charge >= 0.3 is 47.6 Å². The molecule has 0 aliphatic carbocycles. The van der Waals surface area contributed by atoms with E-state index in [-0.39, 0.29) is 5.56 Å². The fraction of sp³-hybridized carbons (Fsp3) is 0.650. The molecule has 19 heteroatoms. The minimum absolute atomic E-state index is 0.310. The number of ether oxygens (including phenoxy) is 1. The first kappa shape index (κ1) is 34.7. The molecule has 0 spiro atoms. The Labute approximate surface area is 207 Å². The summed E-state index contributed by atoms with van der Waals surface area (Å²) >= 11 is 0. The number of methoxy groups -OCH3 is 1. The summed E-state index contributed by atoms with van der Waals surface area (Å²) in [4.78, 5) is 11.5. The Kier molecular flexibility index (Phi) is 8.57. The van der Waals surface area contributed by atoms with E-state index in [1.54, 1.807) is 0 Å². The lowest BCUT2D eigenvalue weighted by Gasteiger charge is -2.44. The van der Waals surface area contributed by atoms with E-state index in [9.17, 15) is 79.4 Å². The molecule has 1 atom stereocenters. The Morgan fingerprint density at radius 2 is 1.05 bits per heavy atom. The van der Waals surface area contributed by atoms with Gasteiger partial charge in [0, 0.05) is 12.7 Å². The minimum Gasteiger partial charge on any atom is -0.374 e. The van der Waals surface area contributed by atoms with E-state index in [1.807, 2.05) is 0 Å². The van der Waals surface area contributed by atoms with E-state index in [1.165, 1.54) is 0 Å². The molecule has 2 nitrogen and oxygen atoms in total. The summed E-state index contributed by atoms with van der Waals surface area (Å²) in [6.45, 7) is 1.37. The number of carbonyl (C=O) groups excluding carboxylic acids is 1. The molecule has 0 aromatic heterocycles. The standard InChI is InChI=1S/C20H15F17O2/c1-9(38)10-5-4-6-11(7-10)12(2,39-3)8-13(21,22)14(23,24)15(25,26)16(27,28)17(29,30)18(31,32)19(33,34)20(35,36)37/h4-7H,8H2,1-3H3. The van der Waals surface area contributed by atoms with Crippen LogP contribution in [0.5, 0.6) is 0 Å². The summed E-state index contributed by atoms with van der Waals surface area (Å²) in [7, 11) is 0.481. The number of halogens is 17. The topological polar surface area (TPSA) is 26.3 Å². The van der Waals surface area contributed by atoms with Gasteiger partial charge in [0.05, 0.1) is 12.0 Å². The molecule has 226 valence electrons. The van der Waals surface area contributed by atoms with Gasteiger partial charge in [-0.2, -0.15) is 74.6 Å². The second-order valence-electron chi connectivity index (χ2n) is 8.40. The number of benzene rings is 1. The fourth-order valence-electron chi connectivity index (χ4n) is 3.09. The number of Topliss-reactive ketones (excluding diaryl/α,β-unsaturated/α-hetero) is 1. The highest BCUT2D eigenvalue weighted by Crippen LogP contribution is 2.64. The van der Waals surface area contributed by atoms with E-state index in [0.29, 0.717) is 20.1 Å². The van der Waals surface area contributed by atoms with Gasteiger partial charge in [0.15, 0.2) is 5.78 Å². The van der Waals surface area contributed by atoms with Crippen LogP contribution in [-0.2, 0) is 10.3 Å². The number of hydrogen-bond acceptors (Lipinski definition) is 2. The lowest BCUT2D eigenvalue weighted by Crippen LogP contribution is -2.74. The van der Waals surface area contributed by atoms with Crippen LogP contribution in [0.3, 0.4) is 0 Å². The molecule has 0 aliphatic heterocycles. The Morgan fingerprint density at radius 1 is 0.667 bits per heavy atom. The highest BCUT2D eigenvalue weighted by Gasteiger charge is 2.95. The molecule has 0 fully saturated rings. The van der Waals surface area contributed by atoms with Gasteiger partial charge in [0.25, 0.3) is 0 Å².